The van der Waals surface area contributed by atoms with Crippen LogP contribution in [0.1, 0.15) is 29.6 Å². The molecule has 3 aromatic carbocycles. The largest absolute Gasteiger partial charge is 0.490 e. The van der Waals surface area contributed by atoms with Crippen LogP contribution in [0.4, 0.5) is 11.4 Å². The first kappa shape index (κ1) is 24.1. The van der Waals surface area contributed by atoms with Crippen molar-refractivity contribution in [3.8, 4) is 11.5 Å². The predicted octanol–water partition coefficient (Wildman–Crippen LogP) is 4.82. The van der Waals surface area contributed by atoms with Crippen molar-refractivity contribution < 1.29 is 19.1 Å². The maximum absolute atomic E-state index is 12.7. The Kier molecular flexibility index (Phi) is 8.59. The molecule has 1 heterocycles. The van der Waals surface area contributed by atoms with Crippen LogP contribution in [0, 0.1) is 0 Å². The van der Waals surface area contributed by atoms with Crippen molar-refractivity contribution in [3.05, 3.63) is 84.4 Å². The average molecular weight is 474 g/mol. The maximum atomic E-state index is 12.7. The quantitative estimate of drug-likeness (QED) is 0.413. The number of nitrogens with zero attached hydrogens (tertiary/aromatic N) is 1. The van der Waals surface area contributed by atoms with E-state index in [-0.39, 0.29) is 18.4 Å². The van der Waals surface area contributed by atoms with Crippen molar-refractivity contribution in [1.82, 2.24) is 4.90 Å². The van der Waals surface area contributed by atoms with E-state index in [4.69, 9.17) is 9.47 Å². The van der Waals surface area contributed by atoms with Gasteiger partial charge in [-0.2, -0.15) is 0 Å². The molecular weight excluding hydrogens is 442 g/mol. The van der Waals surface area contributed by atoms with Gasteiger partial charge in [-0.05, 0) is 73.9 Å². The zero-order valence-corrected chi connectivity index (χ0v) is 19.7. The van der Waals surface area contributed by atoms with E-state index < -0.39 is 0 Å². The lowest BCUT2D eigenvalue weighted by molar-refractivity contribution is -0.114. The molecule has 1 aliphatic rings. The molecule has 3 aromatic rings. The smallest absolute Gasteiger partial charge is 0.253 e. The molecule has 1 aliphatic heterocycles. The summed E-state index contributed by atoms with van der Waals surface area (Å²) in [4.78, 5) is 27.0. The van der Waals surface area contributed by atoms with Gasteiger partial charge < -0.3 is 25.0 Å². The summed E-state index contributed by atoms with van der Waals surface area (Å²) in [6.07, 6.45) is 3.26. The third kappa shape index (κ3) is 7.50. The fourth-order valence-corrected chi connectivity index (χ4v) is 3.90. The molecule has 0 bridgehead atoms. The molecule has 0 aromatic heterocycles. The van der Waals surface area contributed by atoms with Crippen molar-refractivity contribution in [2.24, 2.45) is 0 Å². The van der Waals surface area contributed by atoms with Gasteiger partial charge in [-0.25, -0.2) is 0 Å². The fourth-order valence-electron chi connectivity index (χ4n) is 3.90. The van der Waals surface area contributed by atoms with E-state index in [9.17, 15) is 9.59 Å². The fraction of sp³-hybridized carbons (Fsp3) is 0.286. The lowest BCUT2D eigenvalue weighted by Gasteiger charge is -2.26. The normalized spacial score (nSPS) is 13.1. The number of carbonyl (C=O) groups excluding carboxylic acids is 2. The van der Waals surface area contributed by atoms with E-state index >= 15 is 0 Å². The molecule has 0 saturated carbocycles. The highest BCUT2D eigenvalue weighted by molar-refractivity contribution is 5.98. The summed E-state index contributed by atoms with van der Waals surface area (Å²) in [7, 11) is 0. The molecule has 0 atom stereocenters. The molecule has 182 valence electrons. The minimum Gasteiger partial charge on any atom is -0.490 e. The van der Waals surface area contributed by atoms with E-state index in [1.807, 2.05) is 59.5 Å². The molecule has 4 rings (SSSR count). The highest BCUT2D eigenvalue weighted by Crippen LogP contribution is 2.18. The minimum atomic E-state index is -0.189. The Morgan fingerprint density at radius 1 is 0.743 bits per heavy atom. The first-order valence-electron chi connectivity index (χ1n) is 12.0. The number of piperidine rings is 1. The van der Waals surface area contributed by atoms with E-state index in [1.165, 1.54) is 6.42 Å². The van der Waals surface area contributed by atoms with Crippen LogP contribution in [-0.4, -0.2) is 49.6 Å². The van der Waals surface area contributed by atoms with Gasteiger partial charge >= 0.3 is 0 Å². The number of hydrogen-bond acceptors (Lipinski definition) is 5. The molecule has 1 fully saturated rings. The molecular formula is C28H31N3O4. The van der Waals surface area contributed by atoms with Crippen molar-refractivity contribution in [1.29, 1.82) is 0 Å². The van der Waals surface area contributed by atoms with Gasteiger partial charge in [-0.3, -0.25) is 9.59 Å². The molecule has 7 nitrogen and oxygen atoms in total. The zero-order valence-electron chi connectivity index (χ0n) is 19.7. The van der Waals surface area contributed by atoms with Gasteiger partial charge in [0.05, 0.1) is 6.54 Å². The number of anilines is 2. The summed E-state index contributed by atoms with van der Waals surface area (Å²) in [5.74, 6) is 1.37. The Morgan fingerprint density at radius 3 is 2.14 bits per heavy atom. The predicted molar refractivity (Wildman–Crippen MR) is 137 cm³/mol. The van der Waals surface area contributed by atoms with E-state index in [0.29, 0.717) is 24.5 Å². The van der Waals surface area contributed by atoms with E-state index in [0.717, 1.165) is 43.1 Å². The van der Waals surface area contributed by atoms with Crippen molar-refractivity contribution in [2.75, 3.05) is 43.5 Å². The zero-order chi connectivity index (χ0) is 24.3. The molecule has 2 amide bonds. The summed E-state index contributed by atoms with van der Waals surface area (Å²) >= 11 is 0. The number of likely N-dealkylation sites (tertiary alicyclic amines) is 1. The summed E-state index contributed by atoms with van der Waals surface area (Å²) in [5, 5.41) is 5.96. The maximum Gasteiger partial charge on any atom is 0.253 e. The Hall–Kier alpha value is -4.00. The molecule has 7 heteroatoms. The molecule has 1 saturated heterocycles. The second kappa shape index (κ2) is 12.5. The second-order valence-electron chi connectivity index (χ2n) is 8.37. The van der Waals surface area contributed by atoms with Gasteiger partial charge in [0.2, 0.25) is 5.91 Å². The Balaban J connectivity index is 1.19. The van der Waals surface area contributed by atoms with Crippen LogP contribution < -0.4 is 20.1 Å². The molecule has 0 aliphatic carbocycles. The number of carbonyl (C=O) groups is 2. The van der Waals surface area contributed by atoms with Crippen LogP contribution in [0.2, 0.25) is 0 Å². The molecule has 35 heavy (non-hydrogen) atoms. The standard InChI is InChI=1S/C28H31N3O4/c32-27(30-24-9-7-8-22(20-24)28(33)31-16-5-2-6-17-31)21-29-23-12-14-26(15-13-23)35-19-18-34-25-10-3-1-4-11-25/h1,3-4,7-15,20,29H,2,5-6,16-19,21H2,(H,30,32). The Labute approximate surface area is 206 Å². The number of amides is 2. The summed E-state index contributed by atoms with van der Waals surface area (Å²) < 4.78 is 11.3. The molecule has 0 unspecified atom stereocenters. The third-order valence-electron chi connectivity index (χ3n) is 5.71. The van der Waals surface area contributed by atoms with Gasteiger partial charge in [0.1, 0.15) is 24.7 Å². The van der Waals surface area contributed by atoms with Gasteiger partial charge in [0, 0.05) is 30.0 Å². The number of benzene rings is 3. The molecule has 0 radical (unpaired) electrons. The number of nitrogens with one attached hydrogen (secondary N) is 2. The SMILES string of the molecule is O=C(CNc1ccc(OCCOc2ccccc2)cc1)Nc1cccc(C(=O)N2CCCCC2)c1. The highest BCUT2D eigenvalue weighted by atomic mass is 16.5. The number of para-hydroxylation sites is 1. The lowest BCUT2D eigenvalue weighted by atomic mass is 10.1. The van der Waals surface area contributed by atoms with E-state index in [2.05, 4.69) is 10.6 Å². The van der Waals surface area contributed by atoms with Gasteiger partial charge in [-0.15, -0.1) is 0 Å². The number of rotatable bonds is 10. The molecule has 0 spiro atoms. The summed E-state index contributed by atoms with van der Waals surface area (Å²) in [6.45, 7) is 2.59. The topological polar surface area (TPSA) is 79.9 Å². The van der Waals surface area contributed by atoms with Crippen LogP contribution in [-0.2, 0) is 4.79 Å². The van der Waals surface area contributed by atoms with Gasteiger partial charge in [-0.1, -0.05) is 24.3 Å². The minimum absolute atomic E-state index is 0.0212. The first-order valence-corrected chi connectivity index (χ1v) is 12.0. The molecule has 2 N–H and O–H groups in total. The third-order valence-corrected chi connectivity index (χ3v) is 5.71. The number of hydrogen-bond donors (Lipinski definition) is 2. The van der Waals surface area contributed by atoms with E-state index in [1.54, 1.807) is 24.3 Å². The highest BCUT2D eigenvalue weighted by Gasteiger charge is 2.18. The van der Waals surface area contributed by atoms with Crippen LogP contribution in [0.3, 0.4) is 0 Å². The Bertz CT molecular complexity index is 1100. The first-order chi connectivity index (χ1) is 17.2. The average Bonchev–Trinajstić information content (AvgIpc) is 2.91. The van der Waals surface area contributed by atoms with Crippen molar-refractivity contribution in [2.45, 2.75) is 19.3 Å². The second-order valence-corrected chi connectivity index (χ2v) is 8.37. The van der Waals surface area contributed by atoms with Gasteiger partial charge in [0.25, 0.3) is 5.91 Å². The van der Waals surface area contributed by atoms with Crippen LogP contribution in [0.15, 0.2) is 78.9 Å². The lowest BCUT2D eigenvalue weighted by Crippen LogP contribution is -2.35. The van der Waals surface area contributed by atoms with Crippen molar-refractivity contribution in [3.63, 3.8) is 0 Å². The Morgan fingerprint density at radius 2 is 1.43 bits per heavy atom. The van der Waals surface area contributed by atoms with Crippen LogP contribution in [0.25, 0.3) is 0 Å². The summed E-state index contributed by atoms with van der Waals surface area (Å²) in [5.41, 5.74) is 2.02. The summed E-state index contributed by atoms with van der Waals surface area (Å²) in [6, 6.07) is 24.1. The van der Waals surface area contributed by atoms with Crippen molar-refractivity contribution >= 4 is 23.2 Å². The van der Waals surface area contributed by atoms with Crippen LogP contribution >= 0.6 is 0 Å². The van der Waals surface area contributed by atoms with Gasteiger partial charge in [0.15, 0.2) is 0 Å². The van der Waals surface area contributed by atoms with Crippen LogP contribution in [0.5, 0.6) is 11.5 Å². The monoisotopic (exact) mass is 473 g/mol. The number of ether oxygens (including phenoxy) is 2.